The second-order valence-corrected chi connectivity index (χ2v) is 5.00. The zero-order valence-corrected chi connectivity index (χ0v) is 10.1. The molecule has 0 radical (unpaired) electrons. The number of carbonyl (C=O) groups is 1. The molecule has 0 fully saturated rings. The van der Waals surface area contributed by atoms with Crippen LogP contribution in [0.25, 0.3) is 0 Å². The van der Waals surface area contributed by atoms with Crippen LogP contribution in [-0.4, -0.2) is 11.3 Å². The molecule has 0 unspecified atom stereocenters. The van der Waals surface area contributed by atoms with E-state index in [4.69, 9.17) is 17.3 Å². The quantitative estimate of drug-likeness (QED) is 0.884. The minimum absolute atomic E-state index is 0.0347. The molecule has 16 heavy (non-hydrogen) atoms. The first-order chi connectivity index (χ1) is 7.29. The van der Waals surface area contributed by atoms with E-state index < -0.39 is 11.4 Å². The fraction of sp³-hybridized carbons (Fsp3) is 0.417. The molecule has 0 saturated carbocycles. The van der Waals surface area contributed by atoms with Crippen molar-refractivity contribution in [1.82, 2.24) is 0 Å². The van der Waals surface area contributed by atoms with Gasteiger partial charge in [-0.1, -0.05) is 23.7 Å². The largest absolute Gasteiger partial charge is 0.325 e. The minimum atomic E-state index is -0.563. The summed E-state index contributed by atoms with van der Waals surface area (Å²) in [6.45, 7) is 3.53. The summed E-state index contributed by atoms with van der Waals surface area (Å²) < 4.78 is 13.5. The Morgan fingerprint density at radius 2 is 2.12 bits per heavy atom. The molecule has 1 aromatic carbocycles. The second kappa shape index (κ2) is 4.93. The van der Waals surface area contributed by atoms with Gasteiger partial charge in [-0.15, -0.1) is 0 Å². The van der Waals surface area contributed by atoms with Gasteiger partial charge >= 0.3 is 0 Å². The van der Waals surface area contributed by atoms with E-state index in [1.54, 1.807) is 26.0 Å². The van der Waals surface area contributed by atoms with Gasteiger partial charge in [0.1, 0.15) is 11.6 Å². The first-order valence-electron chi connectivity index (χ1n) is 5.03. The highest BCUT2D eigenvalue weighted by molar-refractivity contribution is 6.30. The molecule has 0 bridgehead atoms. The van der Waals surface area contributed by atoms with Crippen LogP contribution < -0.4 is 5.73 Å². The van der Waals surface area contributed by atoms with Crippen LogP contribution in [0.2, 0.25) is 5.02 Å². The maximum absolute atomic E-state index is 13.5. The van der Waals surface area contributed by atoms with Gasteiger partial charge in [-0.2, -0.15) is 0 Å². The van der Waals surface area contributed by atoms with E-state index in [1.165, 1.54) is 6.07 Å². The van der Waals surface area contributed by atoms with Gasteiger partial charge in [-0.05, 0) is 25.5 Å². The predicted molar refractivity (Wildman–Crippen MR) is 63.0 cm³/mol. The molecule has 0 aliphatic carbocycles. The monoisotopic (exact) mass is 243 g/mol. The summed E-state index contributed by atoms with van der Waals surface area (Å²) >= 11 is 5.62. The predicted octanol–water partition coefficient (Wildman–Crippen LogP) is 2.72. The maximum Gasteiger partial charge on any atom is 0.145 e. The number of rotatable bonds is 4. The Kier molecular flexibility index (Phi) is 4.05. The lowest BCUT2D eigenvalue weighted by Crippen LogP contribution is -2.35. The first kappa shape index (κ1) is 13.1. The Bertz CT molecular complexity index is 398. The third-order valence-corrected chi connectivity index (χ3v) is 2.36. The third kappa shape index (κ3) is 3.91. The van der Waals surface area contributed by atoms with E-state index >= 15 is 0 Å². The number of benzene rings is 1. The maximum atomic E-state index is 13.5. The smallest absolute Gasteiger partial charge is 0.145 e. The molecule has 1 rings (SSSR count). The van der Waals surface area contributed by atoms with Gasteiger partial charge in [0.25, 0.3) is 0 Å². The van der Waals surface area contributed by atoms with Crippen LogP contribution in [-0.2, 0) is 11.2 Å². The van der Waals surface area contributed by atoms with Gasteiger partial charge in [0.2, 0.25) is 0 Å². The van der Waals surface area contributed by atoms with Gasteiger partial charge in [0.05, 0.1) is 5.02 Å². The highest BCUT2D eigenvalue weighted by Crippen LogP contribution is 2.19. The van der Waals surface area contributed by atoms with Gasteiger partial charge < -0.3 is 5.73 Å². The number of ketones is 1. The van der Waals surface area contributed by atoms with Gasteiger partial charge in [-0.25, -0.2) is 4.39 Å². The van der Waals surface area contributed by atoms with Crippen LogP contribution >= 0.6 is 11.6 Å². The molecule has 0 aromatic heterocycles. The van der Waals surface area contributed by atoms with Crippen molar-refractivity contribution in [3.63, 3.8) is 0 Å². The molecule has 0 aliphatic rings. The fourth-order valence-corrected chi connectivity index (χ4v) is 1.66. The topological polar surface area (TPSA) is 43.1 Å². The molecular formula is C12H15ClFNO. The zero-order valence-electron chi connectivity index (χ0n) is 9.39. The normalized spacial score (nSPS) is 11.6. The minimum Gasteiger partial charge on any atom is -0.325 e. The van der Waals surface area contributed by atoms with E-state index in [1.807, 2.05) is 0 Å². The lowest BCUT2D eigenvalue weighted by molar-refractivity contribution is -0.119. The van der Waals surface area contributed by atoms with E-state index in [0.29, 0.717) is 5.56 Å². The molecule has 0 atom stereocenters. The summed E-state index contributed by atoms with van der Waals surface area (Å²) in [5.74, 6) is -0.610. The summed E-state index contributed by atoms with van der Waals surface area (Å²) in [6, 6.07) is 4.64. The van der Waals surface area contributed by atoms with Gasteiger partial charge in [-0.3, -0.25) is 4.79 Å². The third-order valence-electron chi connectivity index (χ3n) is 2.07. The number of hydrogen-bond acceptors (Lipinski definition) is 2. The van der Waals surface area contributed by atoms with E-state index in [2.05, 4.69) is 0 Å². The van der Waals surface area contributed by atoms with Crippen LogP contribution in [0.3, 0.4) is 0 Å². The van der Waals surface area contributed by atoms with Gasteiger partial charge in [0, 0.05) is 18.4 Å². The summed E-state index contributed by atoms with van der Waals surface area (Å²) in [5, 5.41) is 0.0392. The molecule has 88 valence electrons. The Balaban J connectivity index is 2.74. The Morgan fingerprint density at radius 3 is 2.69 bits per heavy atom. The first-order valence-corrected chi connectivity index (χ1v) is 5.41. The molecule has 0 saturated heterocycles. The summed E-state index contributed by atoms with van der Waals surface area (Å²) in [5.41, 5.74) is 5.48. The van der Waals surface area contributed by atoms with Crippen LogP contribution in [0, 0.1) is 5.82 Å². The lowest BCUT2D eigenvalue weighted by Gasteiger charge is -2.17. The average Bonchev–Trinajstić information content (AvgIpc) is 2.09. The highest BCUT2D eigenvalue weighted by atomic mass is 35.5. The summed E-state index contributed by atoms with van der Waals surface area (Å²) in [4.78, 5) is 11.6. The molecular weight excluding hydrogens is 229 g/mol. The number of carbonyl (C=O) groups excluding carboxylic acids is 1. The second-order valence-electron chi connectivity index (χ2n) is 4.59. The van der Waals surface area contributed by atoms with Crippen LogP contribution in [0.1, 0.15) is 25.8 Å². The van der Waals surface area contributed by atoms with Crippen molar-refractivity contribution in [2.45, 2.75) is 32.2 Å². The number of Topliss-reactive ketones (excluding diaryl/α,β-unsaturated/α-hetero) is 1. The molecule has 0 heterocycles. The van der Waals surface area contributed by atoms with Crippen LogP contribution in [0.4, 0.5) is 4.39 Å². The average molecular weight is 244 g/mol. The van der Waals surface area contributed by atoms with Crippen molar-refractivity contribution in [2.24, 2.45) is 5.73 Å². The van der Waals surface area contributed by atoms with Crippen LogP contribution in [0.15, 0.2) is 18.2 Å². The van der Waals surface area contributed by atoms with E-state index in [0.717, 1.165) is 0 Å². The summed E-state index contributed by atoms with van der Waals surface area (Å²) in [6.07, 6.45) is 0.256. The van der Waals surface area contributed by atoms with Crippen LogP contribution in [0.5, 0.6) is 0 Å². The Hall–Kier alpha value is -0.930. The van der Waals surface area contributed by atoms with Gasteiger partial charge in [0.15, 0.2) is 0 Å². The number of nitrogens with two attached hydrogens (primary N) is 1. The summed E-state index contributed by atoms with van der Waals surface area (Å²) in [7, 11) is 0. The Morgan fingerprint density at radius 1 is 1.50 bits per heavy atom. The molecule has 2 nitrogen and oxygen atoms in total. The van der Waals surface area contributed by atoms with Crippen molar-refractivity contribution < 1.29 is 9.18 Å². The molecule has 0 amide bonds. The highest BCUT2D eigenvalue weighted by Gasteiger charge is 2.18. The lowest BCUT2D eigenvalue weighted by atomic mass is 9.95. The molecule has 0 aliphatic heterocycles. The Labute approximate surface area is 99.6 Å². The molecule has 2 N–H and O–H groups in total. The van der Waals surface area contributed by atoms with E-state index in [9.17, 15) is 9.18 Å². The standard InChI is InChI=1S/C12H15ClFNO/c1-12(2,15)7-9(16)6-8-4-3-5-10(13)11(8)14/h3-5H,6-7,15H2,1-2H3. The molecule has 4 heteroatoms. The SMILES string of the molecule is CC(C)(N)CC(=O)Cc1cccc(Cl)c1F. The van der Waals surface area contributed by atoms with Crippen molar-refractivity contribution >= 4 is 17.4 Å². The van der Waals surface area contributed by atoms with Crippen molar-refractivity contribution in [2.75, 3.05) is 0 Å². The van der Waals surface area contributed by atoms with Crippen molar-refractivity contribution in [3.05, 3.63) is 34.6 Å². The number of halogens is 2. The fourth-order valence-electron chi connectivity index (χ4n) is 1.47. The van der Waals surface area contributed by atoms with E-state index in [-0.39, 0.29) is 23.6 Å². The van der Waals surface area contributed by atoms with Crippen molar-refractivity contribution in [1.29, 1.82) is 0 Å². The molecule has 0 spiro atoms. The zero-order chi connectivity index (χ0) is 12.3. The van der Waals surface area contributed by atoms with Crippen molar-refractivity contribution in [3.8, 4) is 0 Å². The molecule has 1 aromatic rings. The number of hydrogen-bond donors (Lipinski definition) is 1.